The van der Waals surface area contributed by atoms with Gasteiger partial charge < -0.3 is 4.90 Å². The molecular formula is C22H25N5O. The SMILES string of the molecule is CN1CCN(C2CN(Cc3ccc(-n4cnc5ccccc54)cc3)C2)CC1=O. The highest BCUT2D eigenvalue weighted by atomic mass is 16.2. The van der Waals surface area contributed by atoms with Crippen molar-refractivity contribution >= 4 is 16.9 Å². The Morgan fingerprint density at radius 3 is 2.61 bits per heavy atom. The minimum Gasteiger partial charge on any atom is -0.343 e. The second kappa shape index (κ2) is 7.04. The topological polar surface area (TPSA) is 44.6 Å². The highest BCUT2D eigenvalue weighted by molar-refractivity contribution is 5.78. The van der Waals surface area contributed by atoms with Crippen LogP contribution in [0.15, 0.2) is 54.9 Å². The smallest absolute Gasteiger partial charge is 0.236 e. The van der Waals surface area contributed by atoms with Crippen molar-refractivity contribution in [3.63, 3.8) is 0 Å². The standard InChI is InChI=1S/C22H25N5O/c1-24-10-11-26(15-22(24)28)19-13-25(14-19)12-17-6-8-18(9-7-17)27-16-23-20-4-2-3-5-21(20)27/h2-9,16,19H,10-15H2,1H3. The predicted octanol–water partition coefficient (Wildman–Crippen LogP) is 1.98. The van der Waals surface area contributed by atoms with Crippen LogP contribution in [0.2, 0.25) is 0 Å². The number of para-hydroxylation sites is 2. The number of fused-ring (bicyclic) bond motifs is 1. The summed E-state index contributed by atoms with van der Waals surface area (Å²) in [6.07, 6.45) is 1.89. The predicted molar refractivity (Wildman–Crippen MR) is 109 cm³/mol. The molecule has 2 fully saturated rings. The van der Waals surface area contributed by atoms with E-state index in [2.05, 4.69) is 49.7 Å². The maximum atomic E-state index is 11.9. The van der Waals surface area contributed by atoms with E-state index in [0.29, 0.717) is 12.6 Å². The van der Waals surface area contributed by atoms with Crippen molar-refractivity contribution in [2.75, 3.05) is 39.8 Å². The number of piperazine rings is 1. The Hall–Kier alpha value is -2.70. The van der Waals surface area contributed by atoms with Crippen LogP contribution in [0.1, 0.15) is 5.56 Å². The first kappa shape index (κ1) is 17.4. The zero-order valence-corrected chi connectivity index (χ0v) is 16.2. The minimum absolute atomic E-state index is 0.243. The zero-order chi connectivity index (χ0) is 19.1. The molecule has 6 nitrogen and oxygen atoms in total. The summed E-state index contributed by atoms with van der Waals surface area (Å²) in [6, 6.07) is 17.5. The molecule has 3 aromatic rings. The number of hydrogen-bond acceptors (Lipinski definition) is 4. The van der Waals surface area contributed by atoms with Crippen LogP contribution in [0.3, 0.4) is 0 Å². The number of likely N-dealkylation sites (tertiary alicyclic amines) is 1. The summed E-state index contributed by atoms with van der Waals surface area (Å²) in [4.78, 5) is 23.0. The number of nitrogens with zero attached hydrogens (tertiary/aromatic N) is 5. The van der Waals surface area contributed by atoms with Crippen LogP contribution < -0.4 is 0 Å². The van der Waals surface area contributed by atoms with Crippen LogP contribution in [0.4, 0.5) is 0 Å². The largest absolute Gasteiger partial charge is 0.343 e. The van der Waals surface area contributed by atoms with Gasteiger partial charge in [0.25, 0.3) is 0 Å². The lowest BCUT2D eigenvalue weighted by Crippen LogP contribution is -2.63. The first-order valence-corrected chi connectivity index (χ1v) is 9.89. The fraction of sp³-hybridized carbons (Fsp3) is 0.364. The summed E-state index contributed by atoms with van der Waals surface area (Å²) >= 11 is 0. The molecule has 0 atom stereocenters. The van der Waals surface area contributed by atoms with Gasteiger partial charge in [-0.15, -0.1) is 0 Å². The van der Waals surface area contributed by atoms with Gasteiger partial charge in [0.1, 0.15) is 6.33 Å². The molecule has 28 heavy (non-hydrogen) atoms. The molecular weight excluding hydrogens is 350 g/mol. The quantitative estimate of drug-likeness (QED) is 0.700. The van der Waals surface area contributed by atoms with E-state index in [1.165, 1.54) is 5.56 Å². The van der Waals surface area contributed by atoms with Crippen LogP contribution in [-0.4, -0.2) is 76.0 Å². The third kappa shape index (κ3) is 3.19. The Bertz CT molecular complexity index is 990. The molecule has 2 aromatic carbocycles. The molecule has 0 unspecified atom stereocenters. The van der Waals surface area contributed by atoms with E-state index in [9.17, 15) is 4.79 Å². The van der Waals surface area contributed by atoms with E-state index in [0.717, 1.165) is 49.4 Å². The van der Waals surface area contributed by atoms with E-state index in [4.69, 9.17) is 0 Å². The van der Waals surface area contributed by atoms with Gasteiger partial charge in [0.2, 0.25) is 5.91 Å². The van der Waals surface area contributed by atoms with Crippen LogP contribution in [0, 0.1) is 0 Å². The number of likely N-dealkylation sites (N-methyl/N-ethyl adjacent to an activating group) is 1. The van der Waals surface area contributed by atoms with Gasteiger partial charge in [-0.3, -0.25) is 19.2 Å². The van der Waals surface area contributed by atoms with E-state index < -0.39 is 0 Å². The molecule has 0 N–H and O–H groups in total. The van der Waals surface area contributed by atoms with Crippen LogP contribution in [0.5, 0.6) is 0 Å². The molecule has 1 aromatic heterocycles. The van der Waals surface area contributed by atoms with Gasteiger partial charge in [0.15, 0.2) is 0 Å². The third-order valence-corrected chi connectivity index (χ3v) is 6.02. The molecule has 0 radical (unpaired) electrons. The lowest BCUT2D eigenvalue weighted by Gasteiger charge is -2.47. The van der Waals surface area contributed by atoms with Gasteiger partial charge in [-0.25, -0.2) is 4.98 Å². The Morgan fingerprint density at radius 1 is 1.04 bits per heavy atom. The molecule has 2 saturated heterocycles. The summed E-state index contributed by atoms with van der Waals surface area (Å²) in [5.74, 6) is 0.243. The minimum atomic E-state index is 0.243. The highest BCUT2D eigenvalue weighted by Crippen LogP contribution is 2.22. The highest BCUT2D eigenvalue weighted by Gasteiger charge is 2.34. The number of rotatable bonds is 4. The Morgan fingerprint density at radius 2 is 1.82 bits per heavy atom. The summed E-state index contributed by atoms with van der Waals surface area (Å²) in [7, 11) is 1.89. The Kier molecular flexibility index (Phi) is 4.37. The van der Waals surface area contributed by atoms with E-state index in [1.807, 2.05) is 36.5 Å². The summed E-state index contributed by atoms with van der Waals surface area (Å²) < 4.78 is 2.13. The average Bonchev–Trinajstić information content (AvgIpc) is 3.11. The molecule has 3 heterocycles. The molecule has 1 amide bonds. The van der Waals surface area contributed by atoms with Crippen LogP contribution in [0.25, 0.3) is 16.7 Å². The van der Waals surface area contributed by atoms with Gasteiger partial charge in [-0.2, -0.15) is 0 Å². The van der Waals surface area contributed by atoms with Crippen molar-refractivity contribution < 1.29 is 4.79 Å². The molecule has 2 aliphatic rings. The van der Waals surface area contributed by atoms with E-state index in [-0.39, 0.29) is 5.91 Å². The molecule has 5 rings (SSSR count). The zero-order valence-electron chi connectivity index (χ0n) is 16.2. The number of carbonyl (C=O) groups excluding carboxylic acids is 1. The van der Waals surface area contributed by atoms with Gasteiger partial charge in [-0.05, 0) is 29.8 Å². The maximum absolute atomic E-state index is 11.9. The van der Waals surface area contributed by atoms with Crippen molar-refractivity contribution in [1.29, 1.82) is 0 Å². The molecule has 6 heteroatoms. The lowest BCUT2D eigenvalue weighted by molar-refractivity contribution is -0.137. The first-order chi connectivity index (χ1) is 13.7. The average molecular weight is 375 g/mol. The molecule has 2 aliphatic heterocycles. The van der Waals surface area contributed by atoms with Gasteiger partial charge >= 0.3 is 0 Å². The van der Waals surface area contributed by atoms with Crippen LogP contribution in [-0.2, 0) is 11.3 Å². The number of hydrogen-bond donors (Lipinski definition) is 0. The van der Waals surface area contributed by atoms with Gasteiger partial charge in [0.05, 0.1) is 17.6 Å². The van der Waals surface area contributed by atoms with Crippen LogP contribution >= 0.6 is 0 Å². The monoisotopic (exact) mass is 375 g/mol. The maximum Gasteiger partial charge on any atom is 0.236 e. The fourth-order valence-electron chi connectivity index (χ4n) is 4.18. The van der Waals surface area contributed by atoms with Crippen molar-refractivity contribution in [1.82, 2.24) is 24.3 Å². The van der Waals surface area contributed by atoms with E-state index in [1.54, 1.807) is 0 Å². The number of aromatic nitrogens is 2. The van der Waals surface area contributed by atoms with Gasteiger partial charge in [-0.1, -0.05) is 24.3 Å². The number of carbonyl (C=O) groups is 1. The second-order valence-corrected chi connectivity index (χ2v) is 7.90. The number of imidazole rings is 1. The van der Waals surface area contributed by atoms with E-state index >= 15 is 0 Å². The lowest BCUT2D eigenvalue weighted by atomic mass is 10.0. The first-order valence-electron chi connectivity index (χ1n) is 9.89. The van der Waals surface area contributed by atoms with Crippen molar-refractivity contribution in [2.45, 2.75) is 12.6 Å². The second-order valence-electron chi connectivity index (χ2n) is 7.90. The van der Waals surface area contributed by atoms with Crippen molar-refractivity contribution in [3.05, 3.63) is 60.4 Å². The summed E-state index contributed by atoms with van der Waals surface area (Å²) in [5, 5.41) is 0. The fourth-order valence-corrected chi connectivity index (χ4v) is 4.18. The van der Waals surface area contributed by atoms with Crippen molar-refractivity contribution in [2.24, 2.45) is 0 Å². The van der Waals surface area contributed by atoms with Gasteiger partial charge in [0, 0.05) is 51.5 Å². The molecule has 144 valence electrons. The number of benzene rings is 2. The molecule has 0 saturated carbocycles. The molecule has 0 bridgehead atoms. The van der Waals surface area contributed by atoms with Crippen molar-refractivity contribution in [3.8, 4) is 5.69 Å². The summed E-state index contributed by atoms with van der Waals surface area (Å²) in [6.45, 7) is 5.47. The Labute approximate surface area is 165 Å². The Balaban J connectivity index is 1.19. The summed E-state index contributed by atoms with van der Waals surface area (Å²) in [5.41, 5.74) is 4.60. The number of amides is 1. The third-order valence-electron chi connectivity index (χ3n) is 6.02. The molecule has 0 aliphatic carbocycles. The normalized spacial score (nSPS) is 19.3. The molecule has 0 spiro atoms.